The summed E-state index contributed by atoms with van der Waals surface area (Å²) in [5.74, 6) is -1.33. The summed E-state index contributed by atoms with van der Waals surface area (Å²) in [4.78, 5) is 23.1. The van der Waals surface area contributed by atoms with Crippen LogP contribution in [-0.4, -0.2) is 42.3 Å². The van der Waals surface area contributed by atoms with Crippen molar-refractivity contribution < 1.29 is 19.4 Å². The first kappa shape index (κ1) is 16.9. The van der Waals surface area contributed by atoms with Gasteiger partial charge in [0.15, 0.2) is 6.04 Å². The number of esters is 1. The molecule has 106 valence electrons. The van der Waals surface area contributed by atoms with E-state index in [4.69, 9.17) is 10.8 Å². The van der Waals surface area contributed by atoms with Crippen LogP contribution in [0.15, 0.2) is 0 Å². The number of carbonyl (C=O) groups excluding carboxylic acids is 2. The third-order valence-corrected chi connectivity index (χ3v) is 2.60. The normalized spacial score (nSPS) is 14.8. The molecule has 0 saturated carbocycles. The SMILES string of the molecule is CCOC(=O)C(N)C(=O)NC(CCO)C(C)(C)C. The maximum absolute atomic E-state index is 11.8. The Morgan fingerprint density at radius 3 is 2.33 bits per heavy atom. The summed E-state index contributed by atoms with van der Waals surface area (Å²) in [6.07, 6.45) is 0.408. The molecule has 0 aliphatic heterocycles. The van der Waals surface area contributed by atoms with Crippen LogP contribution in [0.3, 0.4) is 0 Å². The number of ether oxygens (including phenoxy) is 1. The molecule has 0 rings (SSSR count). The average molecular weight is 260 g/mol. The van der Waals surface area contributed by atoms with Crippen molar-refractivity contribution in [3.8, 4) is 0 Å². The van der Waals surface area contributed by atoms with Crippen LogP contribution in [-0.2, 0) is 14.3 Å². The van der Waals surface area contributed by atoms with Crippen LogP contribution in [0.4, 0.5) is 0 Å². The molecule has 0 aromatic rings. The fourth-order valence-corrected chi connectivity index (χ4v) is 1.45. The predicted octanol–water partition coefficient (Wildman–Crippen LogP) is -0.210. The molecule has 0 aliphatic carbocycles. The molecule has 0 saturated heterocycles. The van der Waals surface area contributed by atoms with Crippen molar-refractivity contribution in [3.63, 3.8) is 0 Å². The first-order valence-electron chi connectivity index (χ1n) is 6.07. The Labute approximate surface area is 108 Å². The van der Waals surface area contributed by atoms with Crippen LogP contribution in [0.2, 0.25) is 0 Å². The molecule has 0 radical (unpaired) electrons. The minimum Gasteiger partial charge on any atom is -0.464 e. The van der Waals surface area contributed by atoms with Crippen LogP contribution in [0, 0.1) is 5.41 Å². The van der Waals surface area contributed by atoms with Gasteiger partial charge in [-0.2, -0.15) is 0 Å². The molecule has 0 spiro atoms. The molecule has 0 aromatic heterocycles. The molecule has 4 N–H and O–H groups in total. The van der Waals surface area contributed by atoms with Crippen molar-refractivity contribution in [3.05, 3.63) is 0 Å². The summed E-state index contributed by atoms with van der Waals surface area (Å²) in [7, 11) is 0. The van der Waals surface area contributed by atoms with E-state index in [0.29, 0.717) is 6.42 Å². The van der Waals surface area contributed by atoms with E-state index in [1.54, 1.807) is 6.92 Å². The zero-order chi connectivity index (χ0) is 14.3. The number of hydrogen-bond donors (Lipinski definition) is 3. The summed E-state index contributed by atoms with van der Waals surface area (Å²) >= 11 is 0. The van der Waals surface area contributed by atoms with Gasteiger partial charge in [0.05, 0.1) is 6.61 Å². The molecule has 18 heavy (non-hydrogen) atoms. The molecular weight excluding hydrogens is 236 g/mol. The van der Waals surface area contributed by atoms with Gasteiger partial charge in [0.2, 0.25) is 5.91 Å². The average Bonchev–Trinajstić information content (AvgIpc) is 2.26. The first-order valence-corrected chi connectivity index (χ1v) is 6.07. The molecule has 0 bridgehead atoms. The highest BCUT2D eigenvalue weighted by Gasteiger charge is 2.30. The van der Waals surface area contributed by atoms with Crippen LogP contribution in [0.5, 0.6) is 0 Å². The molecule has 0 fully saturated rings. The van der Waals surface area contributed by atoms with Gasteiger partial charge in [-0.25, -0.2) is 4.79 Å². The zero-order valence-corrected chi connectivity index (χ0v) is 11.5. The topological polar surface area (TPSA) is 102 Å². The minimum absolute atomic E-state index is 0.0448. The van der Waals surface area contributed by atoms with Crippen molar-refractivity contribution in [2.24, 2.45) is 11.1 Å². The number of rotatable bonds is 6. The second-order valence-electron chi connectivity index (χ2n) is 5.17. The standard InChI is InChI=1S/C12H24N2O4/c1-5-18-11(17)9(13)10(16)14-8(6-7-15)12(2,3)4/h8-9,15H,5-7,13H2,1-4H3,(H,14,16). The van der Waals surface area contributed by atoms with Crippen molar-refractivity contribution >= 4 is 11.9 Å². The number of carbonyl (C=O) groups is 2. The lowest BCUT2D eigenvalue weighted by molar-refractivity contribution is -0.148. The van der Waals surface area contributed by atoms with E-state index in [2.05, 4.69) is 10.1 Å². The molecule has 0 aromatic carbocycles. The Morgan fingerprint density at radius 2 is 1.94 bits per heavy atom. The Kier molecular flexibility index (Phi) is 6.86. The van der Waals surface area contributed by atoms with Gasteiger partial charge in [-0.15, -0.1) is 0 Å². The summed E-state index contributed by atoms with van der Waals surface area (Å²) in [5, 5.41) is 11.6. The Balaban J connectivity index is 4.55. The number of aliphatic hydroxyl groups excluding tert-OH is 1. The molecular formula is C12H24N2O4. The lowest BCUT2D eigenvalue weighted by Gasteiger charge is -2.31. The van der Waals surface area contributed by atoms with Crippen molar-refractivity contribution in [2.45, 2.75) is 46.2 Å². The summed E-state index contributed by atoms with van der Waals surface area (Å²) in [6, 6.07) is -1.58. The molecule has 6 heteroatoms. The third-order valence-electron chi connectivity index (χ3n) is 2.60. The van der Waals surface area contributed by atoms with Crippen LogP contribution in [0.25, 0.3) is 0 Å². The first-order chi connectivity index (χ1) is 8.23. The van der Waals surface area contributed by atoms with E-state index >= 15 is 0 Å². The number of aliphatic hydroxyl groups is 1. The third kappa shape index (κ3) is 5.46. The number of amides is 1. The van der Waals surface area contributed by atoms with Gasteiger partial charge < -0.3 is 20.9 Å². The minimum atomic E-state index is -1.33. The molecule has 1 amide bonds. The number of nitrogens with one attached hydrogen (secondary N) is 1. The van der Waals surface area contributed by atoms with E-state index in [9.17, 15) is 9.59 Å². The van der Waals surface area contributed by atoms with Crippen molar-refractivity contribution in [1.29, 1.82) is 0 Å². The zero-order valence-electron chi connectivity index (χ0n) is 11.5. The summed E-state index contributed by atoms with van der Waals surface area (Å²) in [6.45, 7) is 7.58. The lowest BCUT2D eigenvalue weighted by Crippen LogP contribution is -2.53. The van der Waals surface area contributed by atoms with Crippen LogP contribution < -0.4 is 11.1 Å². The Bertz CT molecular complexity index is 286. The maximum Gasteiger partial charge on any atom is 0.332 e. The molecule has 2 unspecified atom stereocenters. The van der Waals surface area contributed by atoms with E-state index in [1.165, 1.54) is 0 Å². The smallest absolute Gasteiger partial charge is 0.332 e. The Hall–Kier alpha value is -1.14. The Morgan fingerprint density at radius 1 is 1.39 bits per heavy atom. The van der Waals surface area contributed by atoms with Gasteiger partial charge in [-0.3, -0.25) is 4.79 Å². The quantitative estimate of drug-likeness (QED) is 0.453. The molecule has 6 nitrogen and oxygen atoms in total. The lowest BCUT2D eigenvalue weighted by atomic mass is 9.85. The van der Waals surface area contributed by atoms with Gasteiger partial charge >= 0.3 is 5.97 Å². The van der Waals surface area contributed by atoms with E-state index in [-0.39, 0.29) is 24.7 Å². The number of nitrogens with two attached hydrogens (primary N) is 1. The molecule has 0 heterocycles. The molecule has 2 atom stereocenters. The second-order valence-corrected chi connectivity index (χ2v) is 5.17. The van der Waals surface area contributed by atoms with E-state index in [0.717, 1.165) is 0 Å². The monoisotopic (exact) mass is 260 g/mol. The summed E-state index contributed by atoms with van der Waals surface area (Å²) < 4.78 is 4.68. The highest BCUT2D eigenvalue weighted by molar-refractivity contribution is 6.01. The van der Waals surface area contributed by atoms with Crippen LogP contribution in [0.1, 0.15) is 34.1 Å². The van der Waals surface area contributed by atoms with Crippen LogP contribution >= 0.6 is 0 Å². The predicted molar refractivity (Wildman–Crippen MR) is 67.7 cm³/mol. The fourth-order valence-electron chi connectivity index (χ4n) is 1.45. The second kappa shape index (κ2) is 7.33. The largest absolute Gasteiger partial charge is 0.464 e. The fraction of sp³-hybridized carbons (Fsp3) is 0.833. The van der Waals surface area contributed by atoms with Crippen molar-refractivity contribution in [2.75, 3.05) is 13.2 Å². The van der Waals surface area contributed by atoms with Gasteiger partial charge in [0.25, 0.3) is 0 Å². The maximum atomic E-state index is 11.8. The van der Waals surface area contributed by atoms with E-state index < -0.39 is 17.9 Å². The highest BCUT2D eigenvalue weighted by Crippen LogP contribution is 2.21. The highest BCUT2D eigenvalue weighted by atomic mass is 16.5. The van der Waals surface area contributed by atoms with Gasteiger partial charge in [-0.1, -0.05) is 20.8 Å². The van der Waals surface area contributed by atoms with Gasteiger partial charge in [0.1, 0.15) is 0 Å². The van der Waals surface area contributed by atoms with Gasteiger partial charge in [-0.05, 0) is 18.8 Å². The summed E-state index contributed by atoms with van der Waals surface area (Å²) in [5.41, 5.74) is 5.26. The molecule has 0 aliphatic rings. The van der Waals surface area contributed by atoms with Crippen molar-refractivity contribution in [1.82, 2.24) is 5.32 Å². The van der Waals surface area contributed by atoms with Gasteiger partial charge in [0, 0.05) is 12.6 Å². The number of hydrogen-bond acceptors (Lipinski definition) is 5. The van der Waals surface area contributed by atoms with E-state index in [1.807, 2.05) is 20.8 Å².